The van der Waals surface area contributed by atoms with Gasteiger partial charge in [0, 0.05) is 38.0 Å². The lowest BCUT2D eigenvalue weighted by molar-refractivity contribution is 0.0422. The van der Waals surface area contributed by atoms with E-state index in [-0.39, 0.29) is 6.61 Å². The van der Waals surface area contributed by atoms with Crippen LogP contribution in [-0.4, -0.2) is 64.9 Å². The fraction of sp³-hybridized carbons (Fsp3) is 0.409. The molecule has 9 nitrogen and oxygen atoms in total. The van der Waals surface area contributed by atoms with Crippen LogP contribution in [0.5, 0.6) is 0 Å². The molecule has 5 rings (SSSR count). The van der Waals surface area contributed by atoms with E-state index in [1.165, 1.54) is 18.2 Å². The van der Waals surface area contributed by atoms with Gasteiger partial charge >= 0.3 is 0 Å². The van der Waals surface area contributed by atoms with Gasteiger partial charge in [-0.2, -0.15) is 5.10 Å². The Hall–Kier alpha value is -2.85. The highest BCUT2D eigenvalue weighted by Gasteiger charge is 2.21. The van der Waals surface area contributed by atoms with E-state index < -0.39 is 6.10 Å². The van der Waals surface area contributed by atoms with Gasteiger partial charge in [0.2, 0.25) is 0 Å². The number of morpholine rings is 1. The van der Waals surface area contributed by atoms with Crippen molar-refractivity contribution >= 4 is 5.82 Å². The quantitative estimate of drug-likeness (QED) is 0.642. The molecular weight excluding hydrogens is 398 g/mol. The molecule has 0 saturated carbocycles. The third kappa shape index (κ3) is 3.92. The minimum absolute atomic E-state index is 0.205. The third-order valence-corrected chi connectivity index (χ3v) is 5.67. The van der Waals surface area contributed by atoms with Gasteiger partial charge in [-0.05, 0) is 17.2 Å². The van der Waals surface area contributed by atoms with Crippen molar-refractivity contribution < 1.29 is 19.3 Å². The molecule has 2 aliphatic rings. The second-order valence-corrected chi connectivity index (χ2v) is 7.53. The number of benzene rings is 1. The van der Waals surface area contributed by atoms with Crippen LogP contribution in [0, 0.1) is 0 Å². The normalized spacial score (nSPS) is 17.0. The molecule has 31 heavy (non-hydrogen) atoms. The van der Waals surface area contributed by atoms with Crippen molar-refractivity contribution in [2.45, 2.75) is 19.3 Å². The van der Waals surface area contributed by atoms with E-state index in [1.807, 2.05) is 24.4 Å². The minimum atomic E-state index is -0.607. The molecule has 1 aromatic carbocycles. The molecule has 0 unspecified atom stereocenters. The second kappa shape index (κ2) is 8.72. The summed E-state index contributed by atoms with van der Waals surface area (Å²) in [7, 11) is 1.54. The Morgan fingerprint density at radius 2 is 1.94 bits per heavy atom. The molecule has 1 N–H and O–H groups in total. The zero-order valence-corrected chi connectivity index (χ0v) is 17.4. The van der Waals surface area contributed by atoms with Gasteiger partial charge in [0.1, 0.15) is 11.9 Å². The monoisotopic (exact) mass is 423 g/mol. The fourth-order valence-corrected chi connectivity index (χ4v) is 3.96. The maximum atomic E-state index is 9.71. The van der Waals surface area contributed by atoms with Gasteiger partial charge in [0.05, 0.1) is 38.7 Å². The maximum Gasteiger partial charge on any atom is 0.164 e. The molecule has 1 fully saturated rings. The van der Waals surface area contributed by atoms with Crippen LogP contribution in [0.4, 0.5) is 5.82 Å². The molecule has 3 aromatic rings. The van der Waals surface area contributed by atoms with E-state index in [9.17, 15) is 5.11 Å². The second-order valence-electron chi connectivity index (χ2n) is 7.53. The van der Waals surface area contributed by atoms with Crippen molar-refractivity contribution in [1.82, 2.24) is 19.7 Å². The van der Waals surface area contributed by atoms with E-state index in [0.717, 1.165) is 30.2 Å². The summed E-state index contributed by atoms with van der Waals surface area (Å²) in [4.78, 5) is 11.4. The van der Waals surface area contributed by atoms with Crippen molar-refractivity contribution in [3.8, 4) is 17.1 Å². The number of aliphatic hydroxyl groups is 1. The Kier molecular flexibility index (Phi) is 5.65. The standard InChI is InChI=1S/C22H25N5O4/c1-29-19(12-28)22-23-20(26-7-9-30-10-8-26)11-21(24-22)27-6-5-18(25-27)16-4-2-3-15-13-31-14-17(15)16/h2-6,11,19,28H,7-10,12-14H2,1H3/t19-/m0/s1. The minimum Gasteiger partial charge on any atom is -0.393 e. The maximum absolute atomic E-state index is 9.71. The molecule has 2 aromatic heterocycles. The number of nitrogens with zero attached hydrogens (tertiary/aromatic N) is 5. The number of hydrogen-bond acceptors (Lipinski definition) is 8. The lowest BCUT2D eigenvalue weighted by Crippen LogP contribution is -2.37. The molecule has 1 atom stereocenters. The topological polar surface area (TPSA) is 94.8 Å². The van der Waals surface area contributed by atoms with Crippen molar-refractivity contribution in [2.75, 3.05) is 44.9 Å². The predicted molar refractivity (Wildman–Crippen MR) is 113 cm³/mol. The largest absolute Gasteiger partial charge is 0.393 e. The molecular formula is C22H25N5O4. The average Bonchev–Trinajstić information content (AvgIpc) is 3.50. The van der Waals surface area contributed by atoms with Crippen LogP contribution in [0.15, 0.2) is 36.5 Å². The first-order valence-electron chi connectivity index (χ1n) is 10.4. The molecule has 9 heteroatoms. The summed E-state index contributed by atoms with van der Waals surface area (Å²) in [5.41, 5.74) is 4.32. The fourth-order valence-electron chi connectivity index (χ4n) is 3.96. The van der Waals surface area contributed by atoms with Gasteiger partial charge in [0.25, 0.3) is 0 Å². The lowest BCUT2D eigenvalue weighted by atomic mass is 10.0. The van der Waals surface area contributed by atoms with Crippen LogP contribution in [0.2, 0.25) is 0 Å². The average molecular weight is 423 g/mol. The molecule has 4 heterocycles. The first-order valence-corrected chi connectivity index (χ1v) is 10.4. The first kappa shape index (κ1) is 20.1. The van der Waals surface area contributed by atoms with E-state index in [4.69, 9.17) is 19.3 Å². The van der Waals surface area contributed by atoms with Crippen LogP contribution in [-0.2, 0) is 27.4 Å². The van der Waals surface area contributed by atoms with Crippen LogP contribution in [0.25, 0.3) is 17.1 Å². The zero-order chi connectivity index (χ0) is 21.2. The van der Waals surface area contributed by atoms with Crippen LogP contribution < -0.4 is 4.90 Å². The van der Waals surface area contributed by atoms with E-state index >= 15 is 0 Å². The van der Waals surface area contributed by atoms with Crippen LogP contribution in [0.1, 0.15) is 23.1 Å². The van der Waals surface area contributed by atoms with Crippen molar-refractivity contribution in [3.05, 3.63) is 53.5 Å². The number of anilines is 1. The Morgan fingerprint density at radius 1 is 1.10 bits per heavy atom. The molecule has 1 saturated heterocycles. The molecule has 0 aliphatic carbocycles. The number of methoxy groups -OCH3 is 1. The highest BCUT2D eigenvalue weighted by molar-refractivity contribution is 5.65. The van der Waals surface area contributed by atoms with Gasteiger partial charge in [-0.25, -0.2) is 14.6 Å². The summed E-state index contributed by atoms with van der Waals surface area (Å²) in [6, 6.07) is 10.1. The van der Waals surface area contributed by atoms with Crippen molar-refractivity contribution in [3.63, 3.8) is 0 Å². The van der Waals surface area contributed by atoms with Gasteiger partial charge in [-0.3, -0.25) is 0 Å². The number of ether oxygens (including phenoxy) is 3. The van der Waals surface area contributed by atoms with Gasteiger partial charge in [-0.1, -0.05) is 18.2 Å². The molecule has 0 radical (unpaired) electrons. The highest BCUT2D eigenvalue weighted by Crippen LogP contribution is 2.31. The Balaban J connectivity index is 1.54. The first-order chi connectivity index (χ1) is 15.3. The summed E-state index contributed by atoms with van der Waals surface area (Å²) in [6.45, 7) is 3.82. The predicted octanol–water partition coefficient (Wildman–Crippen LogP) is 1.88. The van der Waals surface area contributed by atoms with E-state index in [0.29, 0.717) is 38.1 Å². The summed E-state index contributed by atoms with van der Waals surface area (Å²) in [6.07, 6.45) is 1.28. The summed E-state index contributed by atoms with van der Waals surface area (Å²) in [5.74, 6) is 1.82. The van der Waals surface area contributed by atoms with E-state index in [1.54, 1.807) is 4.68 Å². The Bertz CT molecular complexity index is 1060. The van der Waals surface area contributed by atoms with Gasteiger partial charge in [0.15, 0.2) is 11.6 Å². The van der Waals surface area contributed by atoms with Crippen molar-refractivity contribution in [1.29, 1.82) is 0 Å². The van der Waals surface area contributed by atoms with Gasteiger partial charge < -0.3 is 24.2 Å². The number of fused-ring (bicyclic) bond motifs is 1. The molecule has 162 valence electrons. The molecule has 0 bridgehead atoms. The van der Waals surface area contributed by atoms with Crippen LogP contribution >= 0.6 is 0 Å². The molecule has 0 amide bonds. The Labute approximate surface area is 180 Å². The molecule has 0 spiro atoms. The highest BCUT2D eigenvalue weighted by atomic mass is 16.5. The van der Waals surface area contributed by atoms with Crippen molar-refractivity contribution in [2.24, 2.45) is 0 Å². The smallest absolute Gasteiger partial charge is 0.164 e. The third-order valence-electron chi connectivity index (χ3n) is 5.67. The zero-order valence-electron chi connectivity index (χ0n) is 17.4. The lowest BCUT2D eigenvalue weighted by Gasteiger charge is -2.28. The summed E-state index contributed by atoms with van der Waals surface area (Å²) >= 11 is 0. The summed E-state index contributed by atoms with van der Waals surface area (Å²) in [5, 5.41) is 14.5. The number of hydrogen-bond donors (Lipinski definition) is 1. The van der Waals surface area contributed by atoms with Crippen LogP contribution in [0.3, 0.4) is 0 Å². The van der Waals surface area contributed by atoms with Gasteiger partial charge in [-0.15, -0.1) is 0 Å². The summed E-state index contributed by atoms with van der Waals surface area (Å²) < 4.78 is 18.2. The number of rotatable bonds is 6. The molecule has 2 aliphatic heterocycles. The SMILES string of the molecule is CO[C@@H](CO)c1nc(N2CCOCC2)cc(-n2ccc(-c3cccc4c3COC4)n2)n1. The van der Waals surface area contributed by atoms with E-state index in [2.05, 4.69) is 27.0 Å². The number of aliphatic hydroxyl groups excluding tert-OH is 1. The number of aromatic nitrogens is 4. The Morgan fingerprint density at radius 3 is 2.74 bits per heavy atom.